The standard InChI is InChI=1S/C17H26N2O2/c1-4-17(3)9-11-19(12-10-17)16(20)15-13(18)7-6-8-14(15)21-5-2/h6-8H,4-5,9-12,18H2,1-3H3. The number of likely N-dealkylation sites (tertiary alicyclic amines) is 1. The van der Waals surface area contributed by atoms with Gasteiger partial charge >= 0.3 is 0 Å². The Kier molecular flexibility index (Phi) is 4.76. The van der Waals surface area contributed by atoms with E-state index in [1.807, 2.05) is 24.0 Å². The Balaban J connectivity index is 2.18. The molecule has 21 heavy (non-hydrogen) atoms. The SMILES string of the molecule is CCOc1cccc(N)c1C(=O)N1CCC(C)(CC)CC1. The summed E-state index contributed by atoms with van der Waals surface area (Å²) in [4.78, 5) is 14.7. The maximum Gasteiger partial charge on any atom is 0.259 e. The third-order valence-electron chi connectivity index (χ3n) is 4.68. The van der Waals surface area contributed by atoms with Crippen molar-refractivity contribution in [3.63, 3.8) is 0 Å². The average molecular weight is 290 g/mol. The van der Waals surface area contributed by atoms with Crippen LogP contribution in [0, 0.1) is 5.41 Å². The molecule has 4 heteroatoms. The molecule has 0 atom stereocenters. The van der Waals surface area contributed by atoms with Crippen LogP contribution in [0.1, 0.15) is 50.4 Å². The fourth-order valence-corrected chi connectivity index (χ4v) is 2.81. The summed E-state index contributed by atoms with van der Waals surface area (Å²) >= 11 is 0. The van der Waals surface area contributed by atoms with Crippen LogP contribution in [0.15, 0.2) is 18.2 Å². The van der Waals surface area contributed by atoms with E-state index in [0.717, 1.165) is 32.4 Å². The summed E-state index contributed by atoms with van der Waals surface area (Å²) in [5, 5.41) is 0. The number of hydrogen-bond acceptors (Lipinski definition) is 3. The van der Waals surface area contributed by atoms with Crippen molar-refractivity contribution in [1.29, 1.82) is 0 Å². The number of hydrogen-bond donors (Lipinski definition) is 1. The number of piperidine rings is 1. The molecule has 1 amide bonds. The zero-order valence-corrected chi connectivity index (χ0v) is 13.3. The van der Waals surface area contributed by atoms with Gasteiger partial charge in [0.1, 0.15) is 11.3 Å². The minimum Gasteiger partial charge on any atom is -0.493 e. The highest BCUT2D eigenvalue weighted by atomic mass is 16.5. The first kappa shape index (κ1) is 15.7. The largest absolute Gasteiger partial charge is 0.493 e. The molecule has 2 rings (SSSR count). The number of ether oxygens (including phenoxy) is 1. The summed E-state index contributed by atoms with van der Waals surface area (Å²) in [6.07, 6.45) is 3.25. The smallest absolute Gasteiger partial charge is 0.259 e. The van der Waals surface area contributed by atoms with Crippen LogP contribution in [0.25, 0.3) is 0 Å². The van der Waals surface area contributed by atoms with E-state index in [0.29, 0.717) is 29.0 Å². The second kappa shape index (κ2) is 6.37. The summed E-state index contributed by atoms with van der Waals surface area (Å²) in [6, 6.07) is 5.39. The van der Waals surface area contributed by atoms with Crippen LogP contribution in [0.5, 0.6) is 5.75 Å². The third-order valence-corrected chi connectivity index (χ3v) is 4.68. The monoisotopic (exact) mass is 290 g/mol. The Morgan fingerprint density at radius 3 is 2.57 bits per heavy atom. The zero-order chi connectivity index (χ0) is 15.5. The number of anilines is 1. The van der Waals surface area contributed by atoms with Gasteiger partial charge in [-0.3, -0.25) is 4.79 Å². The Morgan fingerprint density at radius 2 is 2.00 bits per heavy atom. The summed E-state index contributed by atoms with van der Waals surface area (Å²) in [5.41, 5.74) is 7.38. The molecule has 4 nitrogen and oxygen atoms in total. The molecule has 1 aliphatic rings. The van der Waals surface area contributed by atoms with E-state index in [-0.39, 0.29) is 5.91 Å². The van der Waals surface area contributed by atoms with Crippen LogP contribution >= 0.6 is 0 Å². The van der Waals surface area contributed by atoms with Gasteiger partial charge in [0.2, 0.25) is 0 Å². The summed E-state index contributed by atoms with van der Waals surface area (Å²) < 4.78 is 5.56. The summed E-state index contributed by atoms with van der Waals surface area (Å²) in [7, 11) is 0. The second-order valence-electron chi connectivity index (χ2n) is 6.11. The van der Waals surface area contributed by atoms with E-state index in [1.165, 1.54) is 0 Å². The van der Waals surface area contributed by atoms with Crippen molar-refractivity contribution in [3.05, 3.63) is 23.8 Å². The highest BCUT2D eigenvalue weighted by molar-refractivity contribution is 6.01. The van der Waals surface area contributed by atoms with Crippen molar-refractivity contribution >= 4 is 11.6 Å². The molecule has 0 radical (unpaired) electrons. The van der Waals surface area contributed by atoms with Gasteiger partial charge in [-0.1, -0.05) is 26.3 Å². The number of nitrogens with two attached hydrogens (primary N) is 1. The van der Waals surface area contributed by atoms with Crippen molar-refractivity contribution in [1.82, 2.24) is 4.90 Å². The van der Waals surface area contributed by atoms with Crippen molar-refractivity contribution in [2.45, 2.75) is 40.0 Å². The van der Waals surface area contributed by atoms with Crippen LogP contribution in [0.4, 0.5) is 5.69 Å². The fourth-order valence-electron chi connectivity index (χ4n) is 2.81. The molecule has 0 unspecified atom stereocenters. The molecule has 1 saturated heterocycles. The van der Waals surface area contributed by atoms with E-state index in [1.54, 1.807) is 6.07 Å². The number of carbonyl (C=O) groups excluding carboxylic acids is 1. The van der Waals surface area contributed by atoms with Gasteiger partial charge in [0.25, 0.3) is 5.91 Å². The maximum absolute atomic E-state index is 12.8. The number of benzene rings is 1. The Morgan fingerprint density at radius 1 is 1.33 bits per heavy atom. The van der Waals surface area contributed by atoms with Crippen LogP contribution < -0.4 is 10.5 Å². The highest BCUT2D eigenvalue weighted by Crippen LogP contribution is 2.35. The van der Waals surface area contributed by atoms with Gasteiger partial charge in [0.15, 0.2) is 0 Å². The molecule has 1 aromatic rings. The molecule has 1 heterocycles. The quantitative estimate of drug-likeness (QED) is 0.865. The van der Waals surface area contributed by atoms with Crippen molar-refractivity contribution < 1.29 is 9.53 Å². The lowest BCUT2D eigenvalue weighted by molar-refractivity contribution is 0.0597. The molecule has 116 valence electrons. The normalized spacial score (nSPS) is 17.6. The van der Waals surface area contributed by atoms with Gasteiger partial charge in [-0.25, -0.2) is 0 Å². The summed E-state index contributed by atoms with van der Waals surface area (Å²) in [6.45, 7) is 8.55. The topological polar surface area (TPSA) is 55.6 Å². The lowest BCUT2D eigenvalue weighted by Gasteiger charge is -2.39. The number of rotatable bonds is 4. The van der Waals surface area contributed by atoms with Gasteiger partial charge in [0.05, 0.1) is 6.61 Å². The molecule has 0 spiro atoms. The van der Waals surface area contributed by atoms with Gasteiger partial charge in [-0.05, 0) is 37.3 Å². The summed E-state index contributed by atoms with van der Waals surface area (Å²) in [5.74, 6) is 0.584. The first-order valence-electron chi connectivity index (χ1n) is 7.81. The number of carbonyl (C=O) groups is 1. The molecule has 1 aromatic carbocycles. The van der Waals surface area contributed by atoms with Crippen LogP contribution in [-0.2, 0) is 0 Å². The minimum atomic E-state index is -0.00490. The maximum atomic E-state index is 12.8. The Hall–Kier alpha value is -1.71. The zero-order valence-electron chi connectivity index (χ0n) is 13.3. The van der Waals surface area contributed by atoms with E-state index >= 15 is 0 Å². The Bertz CT molecular complexity index is 506. The van der Waals surface area contributed by atoms with Gasteiger partial charge in [-0.15, -0.1) is 0 Å². The third kappa shape index (κ3) is 3.31. The van der Waals surface area contributed by atoms with Gasteiger partial charge < -0.3 is 15.4 Å². The van der Waals surface area contributed by atoms with Crippen LogP contribution in [-0.4, -0.2) is 30.5 Å². The molecule has 0 aromatic heterocycles. The molecule has 0 saturated carbocycles. The molecule has 0 aliphatic carbocycles. The predicted octanol–water partition coefficient (Wildman–Crippen LogP) is 3.32. The first-order chi connectivity index (χ1) is 10.0. The molecule has 0 bridgehead atoms. The lowest BCUT2D eigenvalue weighted by Crippen LogP contribution is -2.42. The van der Waals surface area contributed by atoms with E-state index in [9.17, 15) is 4.79 Å². The first-order valence-corrected chi connectivity index (χ1v) is 7.81. The van der Waals surface area contributed by atoms with Crippen LogP contribution in [0.3, 0.4) is 0 Å². The number of amides is 1. The fraction of sp³-hybridized carbons (Fsp3) is 0.588. The average Bonchev–Trinajstić information content (AvgIpc) is 2.48. The van der Waals surface area contributed by atoms with Crippen LogP contribution in [0.2, 0.25) is 0 Å². The van der Waals surface area contributed by atoms with Crippen molar-refractivity contribution in [3.8, 4) is 5.75 Å². The molecule has 1 aliphatic heterocycles. The van der Waals surface area contributed by atoms with Gasteiger partial charge in [0, 0.05) is 18.8 Å². The number of nitrogens with zero attached hydrogens (tertiary/aromatic N) is 1. The molecular formula is C17H26N2O2. The molecular weight excluding hydrogens is 264 g/mol. The second-order valence-corrected chi connectivity index (χ2v) is 6.11. The van der Waals surface area contributed by atoms with E-state index < -0.39 is 0 Å². The Labute approximate surface area is 127 Å². The number of nitrogen functional groups attached to an aromatic ring is 1. The van der Waals surface area contributed by atoms with Crippen molar-refractivity contribution in [2.75, 3.05) is 25.4 Å². The minimum absolute atomic E-state index is 0.00490. The van der Waals surface area contributed by atoms with E-state index in [2.05, 4.69) is 13.8 Å². The predicted molar refractivity (Wildman–Crippen MR) is 85.6 cm³/mol. The van der Waals surface area contributed by atoms with Crippen molar-refractivity contribution in [2.24, 2.45) is 5.41 Å². The molecule has 2 N–H and O–H groups in total. The molecule has 1 fully saturated rings. The lowest BCUT2D eigenvalue weighted by atomic mass is 9.78. The van der Waals surface area contributed by atoms with E-state index in [4.69, 9.17) is 10.5 Å². The highest BCUT2D eigenvalue weighted by Gasteiger charge is 2.32. The van der Waals surface area contributed by atoms with Gasteiger partial charge in [-0.2, -0.15) is 0 Å².